The Bertz CT molecular complexity index is 1010. The first-order valence-electron chi connectivity index (χ1n) is 9.36. The molecule has 1 unspecified atom stereocenters. The molecule has 28 heavy (non-hydrogen) atoms. The first kappa shape index (κ1) is 18.2. The summed E-state index contributed by atoms with van der Waals surface area (Å²) in [5, 5.41) is 5.77. The zero-order chi connectivity index (χ0) is 19.5. The highest BCUT2D eigenvalue weighted by molar-refractivity contribution is 5.99. The van der Waals surface area contributed by atoms with Gasteiger partial charge in [-0.3, -0.25) is 19.6 Å². The van der Waals surface area contributed by atoms with E-state index < -0.39 is 0 Å². The minimum Gasteiger partial charge on any atom is -0.354 e. The minimum atomic E-state index is -0.247. The average Bonchev–Trinajstić information content (AvgIpc) is 3.15. The van der Waals surface area contributed by atoms with Crippen molar-refractivity contribution in [2.24, 2.45) is 0 Å². The molecule has 0 bridgehead atoms. The van der Waals surface area contributed by atoms with E-state index in [0.29, 0.717) is 11.2 Å². The number of nitrogens with zero attached hydrogens (tertiary/aromatic N) is 5. The molecule has 3 aromatic heterocycles. The lowest BCUT2D eigenvalue weighted by Crippen LogP contribution is -2.51. The van der Waals surface area contributed by atoms with Gasteiger partial charge in [0.25, 0.3) is 11.5 Å². The lowest BCUT2D eigenvalue weighted by molar-refractivity contribution is 0.0929. The van der Waals surface area contributed by atoms with E-state index in [4.69, 9.17) is 0 Å². The summed E-state index contributed by atoms with van der Waals surface area (Å²) in [6, 6.07) is 7.26. The summed E-state index contributed by atoms with van der Waals surface area (Å²) in [5.41, 5.74) is 0.452. The Balaban J connectivity index is 1.32. The second kappa shape index (κ2) is 7.81. The van der Waals surface area contributed by atoms with Crippen LogP contribution in [0.5, 0.6) is 0 Å². The second-order valence-electron chi connectivity index (χ2n) is 6.98. The van der Waals surface area contributed by atoms with Crippen molar-refractivity contribution >= 4 is 17.4 Å². The Labute approximate surface area is 162 Å². The van der Waals surface area contributed by atoms with Gasteiger partial charge in [-0.2, -0.15) is 0 Å². The van der Waals surface area contributed by atoms with Gasteiger partial charge in [0.15, 0.2) is 5.65 Å². The SMILES string of the molecule is CC(CN1CCN(c2ccccn2)CC1)NC(=O)c1c[nH]n2c(=O)ccnc12. The van der Waals surface area contributed by atoms with Crippen molar-refractivity contribution in [2.75, 3.05) is 37.6 Å². The van der Waals surface area contributed by atoms with Crippen LogP contribution in [0.15, 0.2) is 47.7 Å². The molecule has 0 spiro atoms. The molecule has 1 amide bonds. The normalized spacial score (nSPS) is 16.2. The first-order chi connectivity index (χ1) is 13.6. The third kappa shape index (κ3) is 3.74. The Kier molecular flexibility index (Phi) is 5.07. The van der Waals surface area contributed by atoms with E-state index in [2.05, 4.69) is 30.2 Å². The first-order valence-corrected chi connectivity index (χ1v) is 9.36. The van der Waals surface area contributed by atoms with Crippen molar-refractivity contribution in [3.8, 4) is 0 Å². The van der Waals surface area contributed by atoms with Crippen molar-refractivity contribution in [1.29, 1.82) is 0 Å². The summed E-state index contributed by atoms with van der Waals surface area (Å²) in [5.74, 6) is 0.766. The smallest absolute Gasteiger partial charge is 0.272 e. The number of aromatic amines is 1. The van der Waals surface area contributed by atoms with Gasteiger partial charge in [-0.15, -0.1) is 0 Å². The van der Waals surface area contributed by atoms with E-state index in [1.165, 1.54) is 23.0 Å². The number of H-pyrrole nitrogens is 1. The number of hydrogen-bond acceptors (Lipinski definition) is 6. The number of pyridine rings is 1. The number of anilines is 1. The molecule has 0 saturated carbocycles. The third-order valence-electron chi connectivity index (χ3n) is 4.92. The predicted molar refractivity (Wildman–Crippen MR) is 106 cm³/mol. The van der Waals surface area contributed by atoms with Crippen LogP contribution in [-0.2, 0) is 0 Å². The number of carbonyl (C=O) groups excluding carboxylic acids is 1. The molecule has 146 valence electrons. The van der Waals surface area contributed by atoms with E-state index >= 15 is 0 Å². The quantitative estimate of drug-likeness (QED) is 0.662. The maximum atomic E-state index is 12.6. The van der Waals surface area contributed by atoms with Crippen LogP contribution in [0.2, 0.25) is 0 Å². The molecule has 3 aromatic rings. The summed E-state index contributed by atoms with van der Waals surface area (Å²) in [6.45, 7) is 6.40. The standard InChI is InChI=1S/C19H23N7O2/c1-14(13-24-8-10-25(11-9-24)16-4-2-3-6-20-16)23-19(28)15-12-22-26-17(27)5-7-21-18(15)26/h2-7,12,14,22H,8-11,13H2,1H3,(H,23,28). The molecule has 0 aliphatic carbocycles. The summed E-state index contributed by atoms with van der Waals surface area (Å²) in [7, 11) is 0. The van der Waals surface area contributed by atoms with Gasteiger partial charge in [-0.1, -0.05) is 6.07 Å². The molecule has 4 rings (SSSR count). The Hall–Kier alpha value is -3.20. The Morgan fingerprint density at radius 3 is 2.75 bits per heavy atom. The second-order valence-corrected chi connectivity index (χ2v) is 6.98. The number of rotatable bonds is 5. The number of amides is 1. The number of nitrogens with one attached hydrogen (secondary N) is 2. The van der Waals surface area contributed by atoms with Crippen molar-refractivity contribution in [2.45, 2.75) is 13.0 Å². The van der Waals surface area contributed by atoms with Crippen LogP contribution in [0.25, 0.3) is 5.65 Å². The van der Waals surface area contributed by atoms with Crippen molar-refractivity contribution in [1.82, 2.24) is 29.8 Å². The molecule has 1 aliphatic rings. The highest BCUT2D eigenvalue weighted by atomic mass is 16.2. The van der Waals surface area contributed by atoms with Crippen LogP contribution in [0.3, 0.4) is 0 Å². The maximum Gasteiger partial charge on any atom is 0.272 e. The van der Waals surface area contributed by atoms with Gasteiger partial charge in [0.2, 0.25) is 0 Å². The van der Waals surface area contributed by atoms with Crippen molar-refractivity contribution < 1.29 is 4.79 Å². The van der Waals surface area contributed by atoms with E-state index in [9.17, 15) is 9.59 Å². The molecular formula is C19H23N7O2. The molecule has 1 fully saturated rings. The van der Waals surface area contributed by atoms with Gasteiger partial charge in [-0.05, 0) is 19.1 Å². The van der Waals surface area contributed by atoms with E-state index in [-0.39, 0.29) is 17.5 Å². The third-order valence-corrected chi connectivity index (χ3v) is 4.92. The molecule has 0 radical (unpaired) electrons. The molecule has 1 atom stereocenters. The van der Waals surface area contributed by atoms with Gasteiger partial charge in [0.1, 0.15) is 11.4 Å². The van der Waals surface area contributed by atoms with Gasteiger partial charge < -0.3 is 10.2 Å². The fourth-order valence-corrected chi connectivity index (χ4v) is 3.52. The zero-order valence-electron chi connectivity index (χ0n) is 15.7. The monoisotopic (exact) mass is 381 g/mol. The largest absolute Gasteiger partial charge is 0.354 e. The van der Waals surface area contributed by atoms with Gasteiger partial charge in [-0.25, -0.2) is 14.5 Å². The van der Waals surface area contributed by atoms with Gasteiger partial charge in [0, 0.05) is 63.4 Å². The summed E-state index contributed by atoms with van der Waals surface area (Å²) >= 11 is 0. The number of carbonyl (C=O) groups is 1. The van der Waals surface area contributed by atoms with Crippen LogP contribution >= 0.6 is 0 Å². The fraction of sp³-hybridized carbons (Fsp3) is 0.368. The molecule has 9 heteroatoms. The molecule has 1 saturated heterocycles. The molecule has 4 heterocycles. The molecule has 1 aliphatic heterocycles. The predicted octanol–water partition coefficient (Wildman–Crippen LogP) is 0.358. The van der Waals surface area contributed by atoms with Crippen LogP contribution in [0.1, 0.15) is 17.3 Å². The van der Waals surface area contributed by atoms with E-state index in [1.54, 1.807) is 0 Å². The fourth-order valence-electron chi connectivity index (χ4n) is 3.52. The lowest BCUT2D eigenvalue weighted by Gasteiger charge is -2.36. The number of hydrogen-bond donors (Lipinski definition) is 2. The summed E-state index contributed by atoms with van der Waals surface area (Å²) in [4.78, 5) is 37.5. The topological polar surface area (TPSA) is 98.6 Å². The number of fused-ring (bicyclic) bond motifs is 1. The van der Waals surface area contributed by atoms with Crippen molar-refractivity contribution in [3.05, 3.63) is 58.8 Å². The van der Waals surface area contributed by atoms with Gasteiger partial charge in [0.05, 0.1) is 0 Å². The summed E-state index contributed by atoms with van der Waals surface area (Å²) in [6.07, 6.45) is 4.73. The van der Waals surface area contributed by atoms with Crippen LogP contribution in [0, 0.1) is 0 Å². The van der Waals surface area contributed by atoms with Crippen LogP contribution in [0.4, 0.5) is 5.82 Å². The summed E-state index contributed by atoms with van der Waals surface area (Å²) < 4.78 is 1.26. The van der Waals surface area contributed by atoms with E-state index in [0.717, 1.165) is 38.5 Å². The van der Waals surface area contributed by atoms with Crippen LogP contribution in [-0.4, -0.2) is 69.2 Å². The minimum absolute atomic E-state index is 0.0284. The van der Waals surface area contributed by atoms with E-state index in [1.807, 2.05) is 31.3 Å². The molecule has 2 N–H and O–H groups in total. The Morgan fingerprint density at radius 1 is 1.18 bits per heavy atom. The molecular weight excluding hydrogens is 358 g/mol. The highest BCUT2D eigenvalue weighted by Crippen LogP contribution is 2.13. The average molecular weight is 381 g/mol. The number of piperazine rings is 1. The zero-order valence-corrected chi connectivity index (χ0v) is 15.7. The molecule has 9 nitrogen and oxygen atoms in total. The van der Waals surface area contributed by atoms with Crippen LogP contribution < -0.4 is 15.8 Å². The lowest BCUT2D eigenvalue weighted by atomic mass is 10.2. The Morgan fingerprint density at radius 2 is 2.00 bits per heavy atom. The maximum absolute atomic E-state index is 12.6. The highest BCUT2D eigenvalue weighted by Gasteiger charge is 2.21. The number of aromatic nitrogens is 4. The molecule has 0 aromatic carbocycles. The van der Waals surface area contributed by atoms with Gasteiger partial charge >= 0.3 is 0 Å². The van der Waals surface area contributed by atoms with Crippen molar-refractivity contribution in [3.63, 3.8) is 0 Å².